The molecule has 3 rings (SSSR count). The molecule has 0 amide bonds. The van der Waals surface area contributed by atoms with Crippen LogP contribution in [0.15, 0.2) is 18.2 Å². The van der Waals surface area contributed by atoms with Crippen LogP contribution in [0.2, 0.25) is 5.02 Å². The minimum absolute atomic E-state index is 0.489. The fraction of sp³-hybridized carbons (Fsp3) is 0.600. The molecule has 0 saturated carbocycles. The lowest BCUT2D eigenvalue weighted by atomic mass is 10.1. The van der Waals surface area contributed by atoms with Crippen LogP contribution in [0.1, 0.15) is 42.9 Å². The van der Waals surface area contributed by atoms with Gasteiger partial charge in [0.05, 0.1) is 6.10 Å². The molecule has 2 unspecified atom stereocenters. The lowest BCUT2D eigenvalue weighted by molar-refractivity contribution is 0.103. The number of benzene rings is 1. The highest BCUT2D eigenvalue weighted by molar-refractivity contribution is 6.30. The van der Waals surface area contributed by atoms with Crippen LogP contribution in [0.4, 0.5) is 0 Å². The zero-order valence-electron chi connectivity index (χ0n) is 10.6. The second-order valence-electron chi connectivity index (χ2n) is 5.31. The predicted molar refractivity (Wildman–Crippen MR) is 74.1 cm³/mol. The van der Waals surface area contributed by atoms with Crippen LogP contribution >= 0.6 is 11.6 Å². The van der Waals surface area contributed by atoms with Crippen molar-refractivity contribution in [2.45, 2.75) is 44.2 Å². The normalized spacial score (nSPS) is 26.5. The molecule has 98 valence electrons. The summed E-state index contributed by atoms with van der Waals surface area (Å²) in [5, 5.41) is 4.52. The fourth-order valence-electron chi connectivity index (χ4n) is 3.09. The zero-order valence-corrected chi connectivity index (χ0v) is 11.4. The Kier molecular flexibility index (Phi) is 3.88. The van der Waals surface area contributed by atoms with Gasteiger partial charge in [-0.2, -0.15) is 0 Å². The quantitative estimate of drug-likeness (QED) is 0.900. The van der Waals surface area contributed by atoms with E-state index in [1.165, 1.54) is 30.4 Å². The second-order valence-corrected chi connectivity index (χ2v) is 5.75. The molecule has 1 aromatic rings. The molecular formula is C15H20ClNO. The number of rotatable bonds is 4. The highest BCUT2D eigenvalue weighted by Gasteiger charge is 2.22. The molecule has 2 nitrogen and oxygen atoms in total. The summed E-state index contributed by atoms with van der Waals surface area (Å²) in [4.78, 5) is 0. The van der Waals surface area contributed by atoms with Crippen molar-refractivity contribution in [3.63, 3.8) is 0 Å². The minimum atomic E-state index is 0.489. The molecule has 0 aromatic heterocycles. The van der Waals surface area contributed by atoms with Crippen molar-refractivity contribution >= 4 is 11.6 Å². The van der Waals surface area contributed by atoms with Crippen molar-refractivity contribution in [2.75, 3.05) is 13.2 Å². The summed E-state index contributed by atoms with van der Waals surface area (Å²) in [5.74, 6) is 0. The van der Waals surface area contributed by atoms with Gasteiger partial charge in [-0.25, -0.2) is 0 Å². The van der Waals surface area contributed by atoms with Crippen molar-refractivity contribution in [1.29, 1.82) is 0 Å². The van der Waals surface area contributed by atoms with Crippen LogP contribution < -0.4 is 5.32 Å². The number of hydrogen-bond acceptors (Lipinski definition) is 2. The number of aryl methyl sites for hydroxylation is 1. The van der Waals surface area contributed by atoms with Crippen LogP contribution in [0.3, 0.4) is 0 Å². The van der Waals surface area contributed by atoms with E-state index in [1.807, 2.05) is 6.07 Å². The van der Waals surface area contributed by atoms with E-state index in [2.05, 4.69) is 17.4 Å². The number of hydrogen-bond donors (Lipinski definition) is 1. The van der Waals surface area contributed by atoms with E-state index in [1.54, 1.807) is 0 Å². The Hall–Kier alpha value is -0.570. The summed E-state index contributed by atoms with van der Waals surface area (Å²) in [7, 11) is 0. The molecule has 3 heteroatoms. The highest BCUT2D eigenvalue weighted by Crippen LogP contribution is 2.32. The molecule has 0 bridgehead atoms. The van der Waals surface area contributed by atoms with E-state index in [4.69, 9.17) is 16.3 Å². The molecule has 1 aromatic carbocycles. The average molecular weight is 266 g/mol. The molecule has 18 heavy (non-hydrogen) atoms. The third kappa shape index (κ3) is 2.71. The summed E-state index contributed by atoms with van der Waals surface area (Å²) >= 11 is 6.02. The van der Waals surface area contributed by atoms with E-state index >= 15 is 0 Å². The van der Waals surface area contributed by atoms with Crippen LogP contribution in [0.25, 0.3) is 0 Å². The van der Waals surface area contributed by atoms with Gasteiger partial charge >= 0.3 is 0 Å². The maximum Gasteiger partial charge on any atom is 0.0588 e. The molecule has 1 saturated heterocycles. The number of fused-ring (bicyclic) bond motifs is 1. The smallest absolute Gasteiger partial charge is 0.0588 e. The minimum Gasteiger partial charge on any atom is -0.378 e. The van der Waals surface area contributed by atoms with Crippen molar-refractivity contribution < 1.29 is 4.74 Å². The van der Waals surface area contributed by atoms with Crippen molar-refractivity contribution in [3.05, 3.63) is 34.3 Å². The molecule has 0 spiro atoms. The van der Waals surface area contributed by atoms with E-state index in [0.717, 1.165) is 31.0 Å². The first-order valence-corrected chi connectivity index (χ1v) is 7.34. The Morgan fingerprint density at radius 2 is 2.28 bits per heavy atom. The van der Waals surface area contributed by atoms with Crippen LogP contribution in [-0.2, 0) is 11.2 Å². The SMILES string of the molecule is Clc1ccc2c(c1)CCC2NCCC1CCCO1. The third-order valence-corrected chi connectivity index (χ3v) is 4.30. The van der Waals surface area contributed by atoms with E-state index < -0.39 is 0 Å². The Labute approximate surface area is 114 Å². The largest absolute Gasteiger partial charge is 0.378 e. The average Bonchev–Trinajstić information content (AvgIpc) is 2.99. The van der Waals surface area contributed by atoms with Crippen molar-refractivity contribution in [3.8, 4) is 0 Å². The molecule has 1 N–H and O–H groups in total. The van der Waals surface area contributed by atoms with Crippen molar-refractivity contribution in [2.24, 2.45) is 0 Å². The van der Waals surface area contributed by atoms with Gasteiger partial charge in [-0.3, -0.25) is 0 Å². The summed E-state index contributed by atoms with van der Waals surface area (Å²) in [6, 6.07) is 6.80. The van der Waals surface area contributed by atoms with E-state index in [-0.39, 0.29) is 0 Å². The maximum atomic E-state index is 6.02. The van der Waals surface area contributed by atoms with Gasteiger partial charge in [0, 0.05) is 17.7 Å². The van der Waals surface area contributed by atoms with Crippen LogP contribution in [0.5, 0.6) is 0 Å². The summed E-state index contributed by atoms with van der Waals surface area (Å²) < 4.78 is 5.65. The molecule has 2 atom stereocenters. The number of nitrogens with one attached hydrogen (secondary N) is 1. The fourth-order valence-corrected chi connectivity index (χ4v) is 3.28. The summed E-state index contributed by atoms with van der Waals surface area (Å²) in [6.45, 7) is 2.01. The van der Waals surface area contributed by atoms with Gasteiger partial charge in [0.15, 0.2) is 0 Å². The van der Waals surface area contributed by atoms with Gasteiger partial charge in [0.2, 0.25) is 0 Å². The zero-order chi connectivity index (χ0) is 12.4. The molecule has 1 aliphatic carbocycles. The molecule has 1 heterocycles. The van der Waals surface area contributed by atoms with Gasteiger partial charge in [-0.05, 0) is 61.9 Å². The first kappa shape index (κ1) is 12.5. The van der Waals surface area contributed by atoms with E-state index in [9.17, 15) is 0 Å². The predicted octanol–water partition coefficient (Wildman–Crippen LogP) is 3.49. The lowest BCUT2D eigenvalue weighted by Crippen LogP contribution is -2.23. The second kappa shape index (κ2) is 5.60. The highest BCUT2D eigenvalue weighted by atomic mass is 35.5. The standard InChI is InChI=1S/C15H20ClNO/c16-12-4-5-14-11(10-12)3-6-15(14)17-8-7-13-2-1-9-18-13/h4-5,10,13,15,17H,1-3,6-9H2. The maximum absolute atomic E-state index is 6.02. The van der Waals surface area contributed by atoms with Gasteiger partial charge in [0.25, 0.3) is 0 Å². The van der Waals surface area contributed by atoms with E-state index in [0.29, 0.717) is 12.1 Å². The topological polar surface area (TPSA) is 21.3 Å². The third-order valence-electron chi connectivity index (χ3n) is 4.06. The monoisotopic (exact) mass is 265 g/mol. The molecule has 1 aliphatic heterocycles. The Morgan fingerprint density at radius 3 is 3.11 bits per heavy atom. The van der Waals surface area contributed by atoms with Crippen LogP contribution in [-0.4, -0.2) is 19.3 Å². The summed E-state index contributed by atoms with van der Waals surface area (Å²) in [5.41, 5.74) is 2.85. The Bertz CT molecular complexity index is 415. The number of halogens is 1. The Morgan fingerprint density at radius 1 is 1.33 bits per heavy atom. The number of ether oxygens (including phenoxy) is 1. The molecule has 2 aliphatic rings. The lowest BCUT2D eigenvalue weighted by Gasteiger charge is -2.16. The van der Waals surface area contributed by atoms with Gasteiger partial charge in [0.1, 0.15) is 0 Å². The summed E-state index contributed by atoms with van der Waals surface area (Å²) in [6.07, 6.45) is 6.44. The van der Waals surface area contributed by atoms with Gasteiger partial charge in [-0.15, -0.1) is 0 Å². The van der Waals surface area contributed by atoms with Gasteiger partial charge < -0.3 is 10.1 Å². The Balaban J connectivity index is 1.53. The first-order valence-electron chi connectivity index (χ1n) is 6.96. The van der Waals surface area contributed by atoms with Crippen LogP contribution in [0, 0.1) is 0 Å². The first-order chi connectivity index (χ1) is 8.83. The molecule has 1 fully saturated rings. The van der Waals surface area contributed by atoms with Gasteiger partial charge in [-0.1, -0.05) is 17.7 Å². The molecular weight excluding hydrogens is 246 g/mol. The van der Waals surface area contributed by atoms with Crippen molar-refractivity contribution in [1.82, 2.24) is 5.32 Å². The molecule has 0 radical (unpaired) electrons.